The Morgan fingerprint density at radius 2 is 1.71 bits per heavy atom. The van der Waals surface area contributed by atoms with Crippen molar-refractivity contribution in [2.24, 2.45) is 0 Å². The van der Waals surface area contributed by atoms with Crippen LogP contribution in [-0.2, 0) is 0 Å². The highest BCUT2D eigenvalue weighted by Gasteiger charge is 2.12. The quantitative estimate of drug-likeness (QED) is 0.870. The predicted octanol–water partition coefficient (Wildman–Crippen LogP) is 3.98. The van der Waals surface area contributed by atoms with Crippen molar-refractivity contribution in [3.05, 3.63) is 36.0 Å². The summed E-state index contributed by atoms with van der Waals surface area (Å²) in [4.78, 5) is 13.9. The van der Waals surface area contributed by atoms with Crippen LogP contribution in [0.5, 0.6) is 0 Å². The molecular weight excluding hydrogens is 298 g/mol. The molecule has 24 heavy (non-hydrogen) atoms. The van der Waals surface area contributed by atoms with E-state index in [9.17, 15) is 0 Å². The first kappa shape index (κ1) is 16.6. The zero-order valence-electron chi connectivity index (χ0n) is 14.9. The van der Waals surface area contributed by atoms with Gasteiger partial charge in [0.15, 0.2) is 0 Å². The highest BCUT2D eigenvalue weighted by Crippen LogP contribution is 2.24. The molecule has 128 valence electrons. The molecule has 1 N–H and O–H groups in total. The molecule has 0 amide bonds. The molecule has 1 saturated heterocycles. The van der Waals surface area contributed by atoms with Gasteiger partial charge in [-0.2, -0.15) is 4.98 Å². The molecule has 1 aliphatic rings. The monoisotopic (exact) mass is 325 g/mol. The van der Waals surface area contributed by atoms with E-state index in [1.807, 2.05) is 13.0 Å². The summed E-state index contributed by atoms with van der Waals surface area (Å²) < 4.78 is 0. The third kappa shape index (κ3) is 3.78. The smallest absolute Gasteiger partial charge is 0.229 e. The average molecular weight is 325 g/mol. The van der Waals surface area contributed by atoms with Crippen LogP contribution in [0.4, 0.5) is 23.1 Å². The van der Waals surface area contributed by atoms with E-state index in [2.05, 4.69) is 63.2 Å². The summed E-state index contributed by atoms with van der Waals surface area (Å²) in [6.07, 6.45) is 2.59. The van der Waals surface area contributed by atoms with Gasteiger partial charge in [0, 0.05) is 49.3 Å². The molecule has 0 aliphatic carbocycles. The fourth-order valence-corrected chi connectivity index (χ4v) is 3.18. The second-order valence-corrected chi connectivity index (χ2v) is 6.23. The number of aromatic nitrogens is 2. The van der Waals surface area contributed by atoms with Crippen LogP contribution in [0.15, 0.2) is 30.3 Å². The first-order chi connectivity index (χ1) is 11.7. The number of nitrogens with one attached hydrogen (secondary N) is 1. The van der Waals surface area contributed by atoms with E-state index in [1.165, 1.54) is 31.6 Å². The van der Waals surface area contributed by atoms with Gasteiger partial charge in [-0.1, -0.05) is 0 Å². The Hall–Kier alpha value is -2.30. The lowest BCUT2D eigenvalue weighted by atomic mass is 10.2. The minimum Gasteiger partial charge on any atom is -0.372 e. The molecule has 0 radical (unpaired) electrons. The van der Waals surface area contributed by atoms with Crippen molar-refractivity contribution < 1.29 is 0 Å². The minimum absolute atomic E-state index is 0.658. The van der Waals surface area contributed by atoms with Crippen molar-refractivity contribution in [3.63, 3.8) is 0 Å². The van der Waals surface area contributed by atoms with Crippen LogP contribution < -0.4 is 15.1 Å². The summed E-state index contributed by atoms with van der Waals surface area (Å²) in [6.45, 7) is 10.5. The van der Waals surface area contributed by atoms with Gasteiger partial charge >= 0.3 is 0 Å². The second kappa shape index (κ2) is 7.51. The molecule has 1 fully saturated rings. The fourth-order valence-electron chi connectivity index (χ4n) is 3.18. The summed E-state index contributed by atoms with van der Waals surface area (Å²) in [5.41, 5.74) is 3.30. The van der Waals surface area contributed by atoms with Crippen LogP contribution in [0.1, 0.15) is 32.4 Å². The standard InChI is InChI=1S/C19H27N5/c1-4-23(5-2)18-14-15(3)20-19(22-18)21-16-8-10-17(11-9-16)24-12-6-7-13-24/h8-11,14H,4-7,12-13H2,1-3H3,(H,20,21,22). The Bertz CT molecular complexity index is 658. The van der Waals surface area contributed by atoms with Crippen molar-refractivity contribution in [1.29, 1.82) is 0 Å². The number of benzene rings is 1. The number of anilines is 4. The average Bonchev–Trinajstić information content (AvgIpc) is 3.11. The summed E-state index contributed by atoms with van der Waals surface area (Å²) in [6, 6.07) is 10.6. The molecule has 5 nitrogen and oxygen atoms in total. The largest absolute Gasteiger partial charge is 0.372 e. The Kier molecular flexibility index (Phi) is 5.18. The van der Waals surface area contributed by atoms with E-state index in [1.54, 1.807) is 0 Å². The summed E-state index contributed by atoms with van der Waals surface area (Å²) in [5, 5.41) is 3.34. The van der Waals surface area contributed by atoms with Crippen molar-refractivity contribution in [2.45, 2.75) is 33.6 Å². The van der Waals surface area contributed by atoms with Crippen LogP contribution in [0, 0.1) is 6.92 Å². The van der Waals surface area contributed by atoms with Gasteiger partial charge < -0.3 is 15.1 Å². The lowest BCUT2D eigenvalue weighted by Gasteiger charge is -2.21. The molecule has 1 aliphatic heterocycles. The Labute approximate surface area is 144 Å². The van der Waals surface area contributed by atoms with Crippen LogP contribution in [-0.4, -0.2) is 36.1 Å². The summed E-state index contributed by atoms with van der Waals surface area (Å²) in [7, 11) is 0. The zero-order valence-corrected chi connectivity index (χ0v) is 14.9. The second-order valence-electron chi connectivity index (χ2n) is 6.23. The van der Waals surface area contributed by atoms with Crippen LogP contribution in [0.25, 0.3) is 0 Å². The first-order valence-corrected chi connectivity index (χ1v) is 8.92. The third-order valence-electron chi connectivity index (χ3n) is 4.52. The van der Waals surface area contributed by atoms with Gasteiger partial charge in [0.05, 0.1) is 0 Å². The van der Waals surface area contributed by atoms with E-state index in [4.69, 9.17) is 0 Å². The van der Waals surface area contributed by atoms with E-state index in [-0.39, 0.29) is 0 Å². The minimum atomic E-state index is 0.658. The van der Waals surface area contributed by atoms with Crippen LogP contribution in [0.3, 0.4) is 0 Å². The Morgan fingerprint density at radius 1 is 1.04 bits per heavy atom. The van der Waals surface area contributed by atoms with E-state index >= 15 is 0 Å². The SMILES string of the molecule is CCN(CC)c1cc(C)nc(Nc2ccc(N3CCCC3)cc2)n1. The molecule has 0 spiro atoms. The summed E-state index contributed by atoms with van der Waals surface area (Å²) >= 11 is 0. The Balaban J connectivity index is 1.75. The van der Waals surface area contributed by atoms with Gasteiger partial charge in [-0.25, -0.2) is 4.98 Å². The molecule has 2 heterocycles. The lowest BCUT2D eigenvalue weighted by Crippen LogP contribution is -2.23. The third-order valence-corrected chi connectivity index (χ3v) is 4.52. The zero-order chi connectivity index (χ0) is 16.9. The number of nitrogens with zero attached hydrogens (tertiary/aromatic N) is 4. The number of aryl methyl sites for hydroxylation is 1. The van der Waals surface area contributed by atoms with Crippen molar-refractivity contribution >= 4 is 23.1 Å². The van der Waals surface area contributed by atoms with Gasteiger partial charge in [0.1, 0.15) is 5.82 Å². The van der Waals surface area contributed by atoms with Crippen LogP contribution in [0.2, 0.25) is 0 Å². The van der Waals surface area contributed by atoms with Crippen LogP contribution >= 0.6 is 0 Å². The van der Waals surface area contributed by atoms with Gasteiger partial charge in [-0.05, 0) is 57.9 Å². The first-order valence-electron chi connectivity index (χ1n) is 8.92. The van der Waals surface area contributed by atoms with E-state index in [0.29, 0.717) is 5.95 Å². The normalized spacial score (nSPS) is 14.0. The maximum absolute atomic E-state index is 4.66. The van der Waals surface area contributed by atoms with Crippen molar-refractivity contribution in [1.82, 2.24) is 9.97 Å². The molecule has 0 saturated carbocycles. The van der Waals surface area contributed by atoms with Gasteiger partial charge in [-0.3, -0.25) is 0 Å². The van der Waals surface area contributed by atoms with E-state index < -0.39 is 0 Å². The molecule has 1 aromatic carbocycles. The number of hydrogen-bond acceptors (Lipinski definition) is 5. The summed E-state index contributed by atoms with van der Waals surface area (Å²) in [5.74, 6) is 1.63. The molecule has 0 unspecified atom stereocenters. The molecule has 0 bridgehead atoms. The molecule has 1 aromatic heterocycles. The lowest BCUT2D eigenvalue weighted by molar-refractivity contribution is 0.840. The molecule has 0 atom stereocenters. The Morgan fingerprint density at radius 3 is 2.33 bits per heavy atom. The molecule has 5 heteroatoms. The molecule has 2 aromatic rings. The highest BCUT2D eigenvalue weighted by molar-refractivity contribution is 5.60. The van der Waals surface area contributed by atoms with Gasteiger partial charge in [0.2, 0.25) is 5.95 Å². The van der Waals surface area contributed by atoms with Crippen molar-refractivity contribution in [3.8, 4) is 0 Å². The number of rotatable bonds is 6. The highest BCUT2D eigenvalue weighted by atomic mass is 15.2. The molecular formula is C19H27N5. The fraction of sp³-hybridized carbons (Fsp3) is 0.474. The maximum Gasteiger partial charge on any atom is 0.229 e. The topological polar surface area (TPSA) is 44.3 Å². The van der Waals surface area contributed by atoms with Crippen molar-refractivity contribution in [2.75, 3.05) is 41.3 Å². The van der Waals surface area contributed by atoms with Gasteiger partial charge in [0.25, 0.3) is 0 Å². The van der Waals surface area contributed by atoms with E-state index in [0.717, 1.165) is 30.3 Å². The maximum atomic E-state index is 4.66. The van der Waals surface area contributed by atoms with Gasteiger partial charge in [-0.15, -0.1) is 0 Å². The molecule has 3 rings (SSSR count). The predicted molar refractivity (Wildman–Crippen MR) is 102 cm³/mol. The number of hydrogen-bond donors (Lipinski definition) is 1.